The smallest absolute Gasteiger partial charge is 0.328 e. The Labute approximate surface area is 333 Å². The molecule has 4 rings (SSSR count). The number of aromatic amines is 1. The number of H-pyrrole nitrogens is 1. The van der Waals surface area contributed by atoms with Crippen LogP contribution in [0.15, 0.2) is 67.1 Å². The van der Waals surface area contributed by atoms with Gasteiger partial charge < -0.3 is 46.7 Å². The maximum absolute atomic E-state index is 14.4. The van der Waals surface area contributed by atoms with E-state index in [1.807, 2.05) is 37.3 Å². The summed E-state index contributed by atoms with van der Waals surface area (Å²) < 4.78 is 4.97. The van der Waals surface area contributed by atoms with Crippen LogP contribution in [-0.2, 0) is 52.8 Å². The summed E-state index contributed by atoms with van der Waals surface area (Å²) in [7, 11) is 1.24. The van der Waals surface area contributed by atoms with E-state index in [4.69, 9.17) is 10.5 Å². The standard InChI is InChI=1S/C41H56N8O8/c1-6-25(4)35(48-36(51)30(45-38(53)34(42)24(2)3)19-27-14-16-29(50)17-15-27)39(54)46-31(21-28-22-43-23-44-28)40(55)49-18-10-13-33(49)37(52)47-32(41(56)57-5)20-26-11-8-7-9-12-26/h7-9,11-12,14-17,22-25,30-35,50H,6,10,13,18-21,42H2,1-5H3,(H,43,44)(H,45,53)(H,46,54)(H,47,52)(H,48,51)/t25-,30+,31-,32-,33+,34+,35-/m0/s1. The van der Waals surface area contributed by atoms with E-state index in [2.05, 4.69) is 31.2 Å². The van der Waals surface area contributed by atoms with Gasteiger partial charge in [0.1, 0.15) is 36.0 Å². The third-order valence-corrected chi connectivity index (χ3v) is 10.3. The van der Waals surface area contributed by atoms with Crippen LogP contribution in [0.25, 0.3) is 0 Å². The molecule has 0 spiro atoms. The Balaban J connectivity index is 1.55. The van der Waals surface area contributed by atoms with Gasteiger partial charge >= 0.3 is 5.97 Å². The van der Waals surface area contributed by atoms with Crippen molar-refractivity contribution in [2.75, 3.05) is 13.7 Å². The van der Waals surface area contributed by atoms with Crippen LogP contribution >= 0.6 is 0 Å². The van der Waals surface area contributed by atoms with Gasteiger partial charge in [-0.15, -0.1) is 0 Å². The van der Waals surface area contributed by atoms with Crippen LogP contribution in [0.3, 0.4) is 0 Å². The lowest BCUT2D eigenvalue weighted by Gasteiger charge is -2.32. The van der Waals surface area contributed by atoms with Gasteiger partial charge in [0.15, 0.2) is 0 Å². The predicted octanol–water partition coefficient (Wildman–Crippen LogP) is 1.28. The maximum atomic E-state index is 14.4. The average molecular weight is 789 g/mol. The van der Waals surface area contributed by atoms with Crippen LogP contribution in [0, 0.1) is 11.8 Å². The number of phenolic OH excluding ortho intramolecular Hbond substituents is 1. The summed E-state index contributed by atoms with van der Waals surface area (Å²) in [6.45, 7) is 7.44. The zero-order valence-electron chi connectivity index (χ0n) is 33.2. The number of amides is 5. The monoisotopic (exact) mass is 788 g/mol. The van der Waals surface area contributed by atoms with Gasteiger partial charge in [0.2, 0.25) is 29.5 Å². The topological polar surface area (TPSA) is 238 Å². The number of benzene rings is 2. The summed E-state index contributed by atoms with van der Waals surface area (Å²) in [5, 5.41) is 21.0. The Hall–Kier alpha value is -5.77. The molecule has 0 bridgehead atoms. The highest BCUT2D eigenvalue weighted by atomic mass is 16.5. The second kappa shape index (κ2) is 20.9. The number of esters is 1. The summed E-state index contributed by atoms with van der Waals surface area (Å²) in [6.07, 6.45) is 4.52. The zero-order valence-corrected chi connectivity index (χ0v) is 33.2. The largest absolute Gasteiger partial charge is 0.508 e. The lowest BCUT2D eigenvalue weighted by atomic mass is 9.96. The summed E-state index contributed by atoms with van der Waals surface area (Å²) in [5.41, 5.74) is 8.10. The molecule has 8 N–H and O–H groups in total. The number of phenols is 1. The van der Waals surface area contributed by atoms with Crippen LogP contribution in [0.1, 0.15) is 63.8 Å². The molecule has 5 amide bonds. The summed E-state index contributed by atoms with van der Waals surface area (Å²) in [6, 6.07) is 9.10. The van der Waals surface area contributed by atoms with Crippen molar-refractivity contribution in [1.29, 1.82) is 0 Å². The molecule has 16 heteroatoms. The van der Waals surface area contributed by atoms with E-state index in [1.165, 1.54) is 36.7 Å². The average Bonchev–Trinajstić information content (AvgIpc) is 3.92. The van der Waals surface area contributed by atoms with E-state index >= 15 is 0 Å². The van der Waals surface area contributed by atoms with Crippen molar-refractivity contribution in [3.63, 3.8) is 0 Å². The van der Waals surface area contributed by atoms with Crippen molar-refractivity contribution in [3.8, 4) is 5.75 Å². The van der Waals surface area contributed by atoms with E-state index in [-0.39, 0.29) is 37.5 Å². The number of aromatic hydroxyl groups is 1. The third kappa shape index (κ3) is 12.4. The molecule has 1 aromatic heterocycles. The van der Waals surface area contributed by atoms with Gasteiger partial charge in [-0.1, -0.05) is 76.6 Å². The summed E-state index contributed by atoms with van der Waals surface area (Å²) >= 11 is 0. The summed E-state index contributed by atoms with van der Waals surface area (Å²) in [4.78, 5) is 90.6. The number of ether oxygens (including phenoxy) is 1. The fraction of sp³-hybridized carbons (Fsp3) is 0.488. The van der Waals surface area contributed by atoms with Gasteiger partial charge in [0, 0.05) is 37.7 Å². The lowest BCUT2D eigenvalue weighted by Crippen LogP contribution is -2.61. The molecule has 2 heterocycles. The van der Waals surface area contributed by atoms with Crippen molar-refractivity contribution in [3.05, 3.63) is 83.9 Å². The number of carbonyl (C=O) groups excluding carboxylic acids is 6. The molecule has 0 aliphatic carbocycles. The first-order valence-electron chi connectivity index (χ1n) is 19.4. The minimum atomic E-state index is -1.17. The third-order valence-electron chi connectivity index (χ3n) is 10.3. The van der Waals surface area contributed by atoms with Gasteiger partial charge in [0.05, 0.1) is 19.5 Å². The van der Waals surface area contributed by atoms with E-state index < -0.39 is 77.7 Å². The van der Waals surface area contributed by atoms with Crippen molar-refractivity contribution in [2.24, 2.45) is 17.6 Å². The van der Waals surface area contributed by atoms with Crippen LogP contribution in [0.4, 0.5) is 0 Å². The minimum Gasteiger partial charge on any atom is -0.508 e. The number of nitrogens with one attached hydrogen (secondary N) is 5. The molecular formula is C41H56N8O8. The van der Waals surface area contributed by atoms with E-state index in [1.54, 1.807) is 32.9 Å². The molecule has 3 aromatic rings. The molecule has 1 aliphatic rings. The normalized spacial score (nSPS) is 17.0. The van der Waals surface area contributed by atoms with Crippen molar-refractivity contribution >= 4 is 35.5 Å². The first-order valence-corrected chi connectivity index (χ1v) is 19.4. The number of hydrogen-bond acceptors (Lipinski definition) is 10. The number of imidazole rings is 1. The Morgan fingerprint density at radius 1 is 0.860 bits per heavy atom. The van der Waals surface area contributed by atoms with Crippen LogP contribution in [0.5, 0.6) is 5.75 Å². The fourth-order valence-corrected chi connectivity index (χ4v) is 6.64. The maximum Gasteiger partial charge on any atom is 0.328 e. The molecule has 7 atom stereocenters. The first-order chi connectivity index (χ1) is 27.2. The van der Waals surface area contributed by atoms with Crippen molar-refractivity contribution < 1.29 is 38.6 Å². The van der Waals surface area contributed by atoms with Crippen LogP contribution in [-0.4, -0.2) is 105 Å². The first kappa shape index (κ1) is 44.0. The van der Waals surface area contributed by atoms with Gasteiger partial charge in [0.25, 0.3) is 0 Å². The van der Waals surface area contributed by atoms with Crippen molar-refractivity contribution in [1.82, 2.24) is 36.1 Å². The second-order valence-electron chi connectivity index (χ2n) is 14.9. The van der Waals surface area contributed by atoms with Gasteiger partial charge in [-0.25, -0.2) is 9.78 Å². The number of likely N-dealkylation sites (tertiary alicyclic amines) is 1. The molecule has 1 saturated heterocycles. The molecule has 0 saturated carbocycles. The second-order valence-corrected chi connectivity index (χ2v) is 14.9. The van der Waals surface area contributed by atoms with Gasteiger partial charge in [-0.2, -0.15) is 0 Å². The highest BCUT2D eigenvalue weighted by Crippen LogP contribution is 2.21. The van der Waals surface area contributed by atoms with E-state index in [0.717, 1.165) is 5.56 Å². The minimum absolute atomic E-state index is 0.00199. The molecule has 1 fully saturated rings. The Bertz CT molecular complexity index is 1800. The SMILES string of the molecule is CC[C@H](C)[C@H](NC(=O)[C@@H](Cc1ccc(O)cc1)NC(=O)[C@H](N)C(C)C)C(=O)N[C@@H](Cc1cnc[nH]1)C(=O)N1CCC[C@@H]1C(=O)N[C@@H](Cc1ccccc1)C(=O)OC. The van der Waals surface area contributed by atoms with Gasteiger partial charge in [-0.3, -0.25) is 24.0 Å². The Morgan fingerprint density at radius 2 is 1.51 bits per heavy atom. The Morgan fingerprint density at radius 3 is 2.12 bits per heavy atom. The van der Waals surface area contributed by atoms with Gasteiger partial charge in [-0.05, 0) is 47.9 Å². The number of aromatic nitrogens is 2. The molecule has 1 aliphatic heterocycles. The quantitative estimate of drug-likeness (QED) is 0.0860. The number of rotatable bonds is 19. The number of hydrogen-bond donors (Lipinski definition) is 7. The molecular weight excluding hydrogens is 732 g/mol. The van der Waals surface area contributed by atoms with E-state index in [0.29, 0.717) is 30.5 Å². The fourth-order valence-electron chi connectivity index (χ4n) is 6.64. The highest BCUT2D eigenvalue weighted by Gasteiger charge is 2.40. The lowest BCUT2D eigenvalue weighted by molar-refractivity contribution is -0.147. The molecule has 2 aromatic carbocycles. The zero-order chi connectivity index (χ0) is 41.6. The van der Waals surface area contributed by atoms with E-state index in [9.17, 15) is 33.9 Å². The van der Waals surface area contributed by atoms with Crippen molar-refractivity contribution in [2.45, 2.75) is 102 Å². The number of nitrogens with zero attached hydrogens (tertiary/aromatic N) is 2. The van der Waals surface area contributed by atoms with Crippen LogP contribution in [0.2, 0.25) is 0 Å². The summed E-state index contributed by atoms with van der Waals surface area (Å²) in [5.74, 6) is -4.09. The molecule has 57 heavy (non-hydrogen) atoms. The number of carbonyl (C=O) groups is 6. The molecule has 0 unspecified atom stereocenters. The highest BCUT2D eigenvalue weighted by molar-refractivity contribution is 5.97. The molecule has 308 valence electrons. The Kier molecular flexibility index (Phi) is 16.2. The molecule has 16 nitrogen and oxygen atoms in total. The van der Waals surface area contributed by atoms with Crippen LogP contribution < -0.4 is 27.0 Å². The number of nitrogens with two attached hydrogens (primary N) is 1. The molecule has 0 radical (unpaired) electrons. The number of methoxy groups -OCH3 is 1. The predicted molar refractivity (Wildman–Crippen MR) is 211 cm³/mol.